The van der Waals surface area contributed by atoms with Crippen molar-refractivity contribution >= 4 is 38.3 Å². The van der Waals surface area contributed by atoms with Crippen LogP contribution < -0.4 is 5.32 Å². The number of benzene rings is 1. The maximum atomic E-state index is 12.2. The number of hydrogen-bond acceptors (Lipinski definition) is 5. The van der Waals surface area contributed by atoms with Gasteiger partial charge in [-0.15, -0.1) is 11.3 Å². The van der Waals surface area contributed by atoms with Gasteiger partial charge in [0.15, 0.2) is 5.13 Å². The molecule has 0 fully saturated rings. The minimum Gasteiger partial charge on any atom is -0.507 e. The number of halogens is 1. The first-order valence-corrected chi connectivity index (χ1v) is 7.97. The number of phenolic OH excluding ortho intramolecular Hbond substituents is 1. The standard InChI is InChI=1S/C15H10BrN3O2S/c16-9-4-5-13(20)10(7-9)14(21)19-15-18-12(8-22-15)11-3-1-2-6-17-11/h1-8,20H,(H,18,19,21). The van der Waals surface area contributed by atoms with Crippen molar-refractivity contribution in [2.24, 2.45) is 0 Å². The topological polar surface area (TPSA) is 75.1 Å². The first kappa shape index (κ1) is 14.7. The number of carbonyl (C=O) groups is 1. The first-order valence-electron chi connectivity index (χ1n) is 6.30. The van der Waals surface area contributed by atoms with E-state index in [1.807, 2.05) is 23.6 Å². The highest BCUT2D eigenvalue weighted by Gasteiger charge is 2.14. The predicted octanol–water partition coefficient (Wildman–Crippen LogP) is 3.93. The van der Waals surface area contributed by atoms with E-state index in [9.17, 15) is 9.90 Å². The Morgan fingerprint density at radius 1 is 1.23 bits per heavy atom. The summed E-state index contributed by atoms with van der Waals surface area (Å²) in [6.45, 7) is 0. The number of anilines is 1. The number of aromatic hydroxyl groups is 1. The second kappa shape index (κ2) is 6.25. The third-order valence-corrected chi connectivity index (χ3v) is 4.11. The normalized spacial score (nSPS) is 10.4. The number of phenols is 1. The zero-order valence-electron chi connectivity index (χ0n) is 11.2. The van der Waals surface area contributed by atoms with Gasteiger partial charge in [0.2, 0.25) is 0 Å². The summed E-state index contributed by atoms with van der Waals surface area (Å²) in [7, 11) is 0. The van der Waals surface area contributed by atoms with E-state index < -0.39 is 5.91 Å². The number of pyridine rings is 1. The lowest BCUT2D eigenvalue weighted by molar-refractivity contribution is 0.102. The molecule has 3 aromatic rings. The van der Waals surface area contributed by atoms with E-state index in [0.717, 1.165) is 5.69 Å². The van der Waals surface area contributed by atoms with Gasteiger partial charge in [0.05, 0.1) is 11.3 Å². The van der Waals surface area contributed by atoms with Crippen LogP contribution in [0.1, 0.15) is 10.4 Å². The van der Waals surface area contributed by atoms with Crippen molar-refractivity contribution in [2.45, 2.75) is 0 Å². The number of hydrogen-bond donors (Lipinski definition) is 2. The zero-order chi connectivity index (χ0) is 15.5. The molecule has 0 radical (unpaired) electrons. The molecular formula is C15H10BrN3O2S. The van der Waals surface area contributed by atoms with Gasteiger partial charge in [0.25, 0.3) is 5.91 Å². The van der Waals surface area contributed by atoms with Crippen LogP contribution in [-0.2, 0) is 0 Å². The zero-order valence-corrected chi connectivity index (χ0v) is 13.6. The van der Waals surface area contributed by atoms with Crippen LogP contribution in [0.15, 0.2) is 52.4 Å². The highest BCUT2D eigenvalue weighted by molar-refractivity contribution is 9.10. The summed E-state index contributed by atoms with van der Waals surface area (Å²) in [6.07, 6.45) is 1.69. The fraction of sp³-hybridized carbons (Fsp3) is 0. The minimum absolute atomic E-state index is 0.0813. The smallest absolute Gasteiger partial charge is 0.261 e. The number of amides is 1. The lowest BCUT2D eigenvalue weighted by atomic mass is 10.2. The molecule has 110 valence electrons. The molecule has 0 aliphatic rings. The van der Waals surface area contributed by atoms with Gasteiger partial charge in [-0.05, 0) is 30.3 Å². The molecule has 0 saturated carbocycles. The van der Waals surface area contributed by atoms with Gasteiger partial charge in [0.1, 0.15) is 11.4 Å². The fourth-order valence-corrected chi connectivity index (χ4v) is 2.88. The van der Waals surface area contributed by atoms with E-state index in [4.69, 9.17) is 0 Å². The van der Waals surface area contributed by atoms with Gasteiger partial charge >= 0.3 is 0 Å². The molecule has 0 aliphatic carbocycles. The molecule has 1 aromatic carbocycles. The van der Waals surface area contributed by atoms with Crippen LogP contribution in [0.2, 0.25) is 0 Å². The molecule has 7 heteroatoms. The SMILES string of the molecule is O=C(Nc1nc(-c2ccccn2)cs1)c1cc(Br)ccc1O. The Bertz CT molecular complexity index is 821. The Hall–Kier alpha value is -2.25. The molecule has 5 nitrogen and oxygen atoms in total. The summed E-state index contributed by atoms with van der Waals surface area (Å²) in [5.41, 5.74) is 1.62. The number of rotatable bonds is 3. The second-order valence-electron chi connectivity index (χ2n) is 4.37. The molecule has 1 amide bonds. The van der Waals surface area contributed by atoms with Gasteiger partial charge in [-0.3, -0.25) is 15.1 Å². The summed E-state index contributed by atoms with van der Waals surface area (Å²) < 4.78 is 0.712. The number of aromatic nitrogens is 2. The van der Waals surface area contributed by atoms with Crippen LogP contribution in [0, 0.1) is 0 Å². The van der Waals surface area contributed by atoms with Crippen molar-refractivity contribution in [3.8, 4) is 17.1 Å². The molecule has 0 unspecified atom stereocenters. The third-order valence-electron chi connectivity index (χ3n) is 2.86. The van der Waals surface area contributed by atoms with Crippen molar-refractivity contribution in [1.29, 1.82) is 0 Å². The highest BCUT2D eigenvalue weighted by Crippen LogP contribution is 2.26. The van der Waals surface area contributed by atoms with Gasteiger partial charge in [0, 0.05) is 16.0 Å². The van der Waals surface area contributed by atoms with Crippen molar-refractivity contribution in [1.82, 2.24) is 9.97 Å². The van der Waals surface area contributed by atoms with E-state index in [2.05, 4.69) is 31.2 Å². The second-order valence-corrected chi connectivity index (χ2v) is 6.14. The molecule has 0 bridgehead atoms. The van der Waals surface area contributed by atoms with E-state index in [0.29, 0.717) is 15.3 Å². The van der Waals surface area contributed by atoms with Crippen LogP contribution in [0.3, 0.4) is 0 Å². The molecule has 0 aliphatic heterocycles. The molecule has 0 spiro atoms. The predicted molar refractivity (Wildman–Crippen MR) is 89.1 cm³/mol. The minimum atomic E-state index is -0.416. The molecule has 2 heterocycles. The Morgan fingerprint density at radius 3 is 2.86 bits per heavy atom. The van der Waals surface area contributed by atoms with Crippen molar-refractivity contribution < 1.29 is 9.90 Å². The van der Waals surface area contributed by atoms with Gasteiger partial charge in [-0.1, -0.05) is 22.0 Å². The summed E-state index contributed by atoms with van der Waals surface area (Å²) in [4.78, 5) is 20.7. The maximum Gasteiger partial charge on any atom is 0.261 e. The summed E-state index contributed by atoms with van der Waals surface area (Å²) in [6, 6.07) is 10.2. The largest absolute Gasteiger partial charge is 0.507 e. The van der Waals surface area contributed by atoms with Crippen LogP contribution in [0.25, 0.3) is 11.4 Å². The van der Waals surface area contributed by atoms with Gasteiger partial charge < -0.3 is 5.11 Å². The van der Waals surface area contributed by atoms with Crippen molar-refractivity contribution in [2.75, 3.05) is 5.32 Å². The van der Waals surface area contributed by atoms with Crippen molar-refractivity contribution in [3.05, 3.63) is 58.0 Å². The van der Waals surface area contributed by atoms with E-state index in [1.165, 1.54) is 17.4 Å². The van der Waals surface area contributed by atoms with Crippen LogP contribution in [0.5, 0.6) is 5.75 Å². The number of nitrogens with zero attached hydrogens (tertiary/aromatic N) is 2. The number of nitrogens with one attached hydrogen (secondary N) is 1. The molecule has 3 rings (SSSR count). The Kier molecular flexibility index (Phi) is 4.17. The van der Waals surface area contributed by atoms with Gasteiger partial charge in [-0.2, -0.15) is 0 Å². The third kappa shape index (κ3) is 3.15. The van der Waals surface area contributed by atoms with E-state index >= 15 is 0 Å². The van der Waals surface area contributed by atoms with Gasteiger partial charge in [-0.25, -0.2) is 4.98 Å². The van der Waals surface area contributed by atoms with Crippen LogP contribution in [-0.4, -0.2) is 21.0 Å². The lowest BCUT2D eigenvalue weighted by Crippen LogP contribution is -2.11. The monoisotopic (exact) mass is 375 g/mol. The fourth-order valence-electron chi connectivity index (χ4n) is 1.82. The van der Waals surface area contributed by atoms with Crippen LogP contribution >= 0.6 is 27.3 Å². The number of carbonyl (C=O) groups excluding carboxylic acids is 1. The molecule has 22 heavy (non-hydrogen) atoms. The Balaban J connectivity index is 1.81. The molecule has 0 saturated heterocycles. The van der Waals surface area contributed by atoms with E-state index in [1.54, 1.807) is 18.3 Å². The van der Waals surface area contributed by atoms with Crippen LogP contribution in [0.4, 0.5) is 5.13 Å². The lowest BCUT2D eigenvalue weighted by Gasteiger charge is -2.04. The molecular weight excluding hydrogens is 366 g/mol. The first-order chi connectivity index (χ1) is 10.6. The average molecular weight is 376 g/mol. The highest BCUT2D eigenvalue weighted by atomic mass is 79.9. The van der Waals surface area contributed by atoms with E-state index in [-0.39, 0.29) is 11.3 Å². The Labute approximate surface area is 138 Å². The summed E-state index contributed by atoms with van der Waals surface area (Å²) in [5, 5.41) is 14.7. The maximum absolute atomic E-state index is 12.2. The Morgan fingerprint density at radius 2 is 2.09 bits per heavy atom. The average Bonchev–Trinajstić information content (AvgIpc) is 2.99. The summed E-state index contributed by atoms with van der Waals surface area (Å²) >= 11 is 4.57. The number of thiazole rings is 1. The molecule has 2 aromatic heterocycles. The molecule has 2 N–H and O–H groups in total. The summed E-state index contributed by atoms with van der Waals surface area (Å²) in [5.74, 6) is -0.497. The van der Waals surface area contributed by atoms with Crippen molar-refractivity contribution in [3.63, 3.8) is 0 Å². The molecule has 0 atom stereocenters. The quantitative estimate of drug-likeness (QED) is 0.727.